The molecule has 0 amide bonds. The van der Waals surface area contributed by atoms with Crippen LogP contribution in [0.2, 0.25) is 0 Å². The average molecular weight is 184 g/mol. The van der Waals surface area contributed by atoms with Crippen molar-refractivity contribution in [1.29, 1.82) is 5.26 Å². The summed E-state index contributed by atoms with van der Waals surface area (Å²) in [7, 11) is 0. The van der Waals surface area contributed by atoms with Crippen molar-refractivity contribution in [2.24, 2.45) is 0 Å². The lowest BCUT2D eigenvalue weighted by Crippen LogP contribution is -1.99. The molecule has 0 saturated carbocycles. The monoisotopic (exact) mass is 184 g/mol. The van der Waals surface area contributed by atoms with Gasteiger partial charge in [0.15, 0.2) is 0 Å². The van der Waals surface area contributed by atoms with Crippen LogP contribution in [0.1, 0.15) is 23.2 Å². The highest BCUT2D eigenvalue weighted by molar-refractivity contribution is 5.40. The van der Waals surface area contributed by atoms with Crippen LogP contribution in [0.25, 0.3) is 0 Å². The summed E-state index contributed by atoms with van der Waals surface area (Å²) in [6.07, 6.45) is -1.57. The zero-order valence-corrected chi connectivity index (χ0v) is 6.54. The molecule has 1 heterocycles. The van der Waals surface area contributed by atoms with Crippen LogP contribution in [0.3, 0.4) is 0 Å². The highest BCUT2D eigenvalue weighted by atomic mass is 19.3. The van der Waals surface area contributed by atoms with Crippen molar-refractivity contribution in [3.8, 4) is 6.07 Å². The van der Waals surface area contributed by atoms with Gasteiger partial charge in [0.25, 0.3) is 6.43 Å². The van der Waals surface area contributed by atoms with Gasteiger partial charge in [0.2, 0.25) is 0 Å². The molecule has 13 heavy (non-hydrogen) atoms. The van der Waals surface area contributed by atoms with Gasteiger partial charge in [-0.2, -0.15) is 5.26 Å². The molecule has 1 rings (SSSR count). The van der Waals surface area contributed by atoms with E-state index in [-0.39, 0.29) is 16.8 Å². The number of rotatable bonds is 2. The number of alkyl halides is 2. The molecule has 0 aromatic carbocycles. The van der Waals surface area contributed by atoms with Crippen molar-refractivity contribution in [3.63, 3.8) is 0 Å². The lowest BCUT2D eigenvalue weighted by atomic mass is 10.1. The smallest absolute Gasteiger partial charge is 0.265 e. The zero-order valence-electron chi connectivity index (χ0n) is 6.54. The number of hydrogen-bond acceptors (Lipinski definition) is 3. The van der Waals surface area contributed by atoms with E-state index in [9.17, 15) is 8.78 Å². The first-order valence-electron chi connectivity index (χ1n) is 3.47. The molecule has 0 atom stereocenters. The number of aliphatic hydroxyl groups excluding tert-OH is 1. The molecule has 0 aliphatic carbocycles. The second-order valence-electron chi connectivity index (χ2n) is 2.29. The maximum atomic E-state index is 12.3. The molecule has 0 fully saturated rings. The molecular formula is C8H6F2N2O. The van der Waals surface area contributed by atoms with Gasteiger partial charge in [-0.3, -0.25) is 4.98 Å². The molecular weight excluding hydrogens is 178 g/mol. The number of nitriles is 1. The van der Waals surface area contributed by atoms with E-state index >= 15 is 0 Å². The maximum Gasteiger partial charge on any atom is 0.265 e. The highest BCUT2D eigenvalue weighted by Gasteiger charge is 2.15. The summed E-state index contributed by atoms with van der Waals surface area (Å²) in [4.78, 5) is 3.61. The highest BCUT2D eigenvalue weighted by Crippen LogP contribution is 2.23. The van der Waals surface area contributed by atoms with E-state index in [0.29, 0.717) is 0 Å². The lowest BCUT2D eigenvalue weighted by molar-refractivity contribution is 0.150. The Morgan fingerprint density at radius 3 is 2.77 bits per heavy atom. The summed E-state index contributed by atoms with van der Waals surface area (Å²) >= 11 is 0. The summed E-state index contributed by atoms with van der Waals surface area (Å²) in [5.41, 5.74) is -0.637. The Morgan fingerprint density at radius 2 is 2.31 bits per heavy atom. The van der Waals surface area contributed by atoms with E-state index < -0.39 is 13.0 Å². The van der Waals surface area contributed by atoms with Crippen molar-refractivity contribution in [1.82, 2.24) is 4.98 Å². The first-order valence-corrected chi connectivity index (χ1v) is 3.47. The summed E-state index contributed by atoms with van der Waals surface area (Å²) in [5, 5.41) is 17.2. The Bertz CT molecular complexity index is 346. The van der Waals surface area contributed by atoms with Crippen molar-refractivity contribution in [2.75, 3.05) is 0 Å². The number of halogens is 2. The van der Waals surface area contributed by atoms with Crippen LogP contribution in [0.5, 0.6) is 0 Å². The van der Waals surface area contributed by atoms with E-state index in [1.165, 1.54) is 0 Å². The Balaban J connectivity index is 3.29. The first-order chi connectivity index (χ1) is 6.20. The van der Waals surface area contributed by atoms with Gasteiger partial charge in [-0.05, 0) is 6.07 Å². The van der Waals surface area contributed by atoms with Crippen molar-refractivity contribution in [2.45, 2.75) is 13.0 Å². The third-order valence-electron chi connectivity index (χ3n) is 1.56. The summed E-state index contributed by atoms with van der Waals surface area (Å²) in [5.74, 6) is 0. The molecule has 1 N–H and O–H groups in total. The molecule has 0 aliphatic rings. The number of hydrogen-bond donors (Lipinski definition) is 1. The van der Waals surface area contributed by atoms with Crippen LogP contribution in [0.4, 0.5) is 8.78 Å². The Labute approximate surface area is 73.3 Å². The Hall–Kier alpha value is -1.54. The van der Waals surface area contributed by atoms with E-state index in [1.807, 2.05) is 0 Å². The molecule has 1 aromatic rings. The normalized spacial score (nSPS) is 10.1. The lowest BCUT2D eigenvalue weighted by Gasteiger charge is -2.04. The molecule has 0 radical (unpaired) electrons. The Kier molecular flexibility index (Phi) is 2.88. The SMILES string of the molecule is N#Cc1c(C(F)F)ccnc1CO. The van der Waals surface area contributed by atoms with Gasteiger partial charge in [0.05, 0.1) is 17.9 Å². The number of aliphatic hydroxyl groups is 1. The van der Waals surface area contributed by atoms with E-state index in [4.69, 9.17) is 10.4 Å². The van der Waals surface area contributed by atoms with Crippen LogP contribution in [-0.4, -0.2) is 10.1 Å². The predicted octanol–water partition coefficient (Wildman–Crippen LogP) is 1.38. The summed E-state index contributed by atoms with van der Waals surface area (Å²) < 4.78 is 24.5. The topological polar surface area (TPSA) is 56.9 Å². The molecule has 0 spiro atoms. The number of nitrogens with zero attached hydrogens (tertiary/aromatic N) is 2. The molecule has 1 aromatic heterocycles. The van der Waals surface area contributed by atoms with E-state index in [0.717, 1.165) is 12.3 Å². The van der Waals surface area contributed by atoms with Gasteiger partial charge in [-0.1, -0.05) is 0 Å². The summed E-state index contributed by atoms with van der Waals surface area (Å²) in [6.45, 7) is -0.510. The third-order valence-corrected chi connectivity index (χ3v) is 1.56. The zero-order chi connectivity index (χ0) is 9.84. The molecule has 5 heteroatoms. The fraction of sp³-hybridized carbons (Fsp3) is 0.250. The van der Waals surface area contributed by atoms with Gasteiger partial charge >= 0.3 is 0 Å². The van der Waals surface area contributed by atoms with Gasteiger partial charge in [-0.15, -0.1) is 0 Å². The van der Waals surface area contributed by atoms with Gasteiger partial charge in [0.1, 0.15) is 6.07 Å². The second kappa shape index (κ2) is 3.92. The van der Waals surface area contributed by atoms with Crippen LogP contribution < -0.4 is 0 Å². The molecule has 0 bridgehead atoms. The minimum atomic E-state index is -2.72. The second-order valence-corrected chi connectivity index (χ2v) is 2.29. The average Bonchev–Trinajstić information content (AvgIpc) is 2.16. The van der Waals surface area contributed by atoms with Crippen LogP contribution in [0.15, 0.2) is 12.3 Å². The fourth-order valence-corrected chi connectivity index (χ4v) is 0.953. The van der Waals surface area contributed by atoms with Crippen LogP contribution in [0, 0.1) is 11.3 Å². The maximum absolute atomic E-state index is 12.3. The predicted molar refractivity (Wildman–Crippen MR) is 39.8 cm³/mol. The molecule has 3 nitrogen and oxygen atoms in total. The summed E-state index contributed by atoms with van der Waals surface area (Å²) in [6, 6.07) is 2.67. The van der Waals surface area contributed by atoms with Gasteiger partial charge in [-0.25, -0.2) is 8.78 Å². The van der Waals surface area contributed by atoms with Crippen molar-refractivity contribution < 1.29 is 13.9 Å². The Morgan fingerprint density at radius 1 is 1.62 bits per heavy atom. The quantitative estimate of drug-likeness (QED) is 0.755. The van der Waals surface area contributed by atoms with Crippen molar-refractivity contribution >= 4 is 0 Å². The first kappa shape index (κ1) is 9.55. The number of aromatic nitrogens is 1. The minimum Gasteiger partial charge on any atom is -0.390 e. The van der Waals surface area contributed by atoms with Crippen LogP contribution in [-0.2, 0) is 6.61 Å². The van der Waals surface area contributed by atoms with Crippen molar-refractivity contribution in [3.05, 3.63) is 29.1 Å². The number of pyridine rings is 1. The van der Waals surface area contributed by atoms with Gasteiger partial charge in [0, 0.05) is 11.8 Å². The standard InChI is InChI=1S/C8H6F2N2O/c9-8(10)5-1-2-12-7(4-13)6(5)3-11/h1-2,8,13H,4H2. The molecule has 0 unspecified atom stereocenters. The molecule has 0 aliphatic heterocycles. The van der Waals surface area contributed by atoms with E-state index in [2.05, 4.69) is 4.98 Å². The van der Waals surface area contributed by atoms with Gasteiger partial charge < -0.3 is 5.11 Å². The fourth-order valence-electron chi connectivity index (χ4n) is 0.953. The third kappa shape index (κ3) is 1.79. The largest absolute Gasteiger partial charge is 0.390 e. The van der Waals surface area contributed by atoms with E-state index in [1.54, 1.807) is 6.07 Å². The minimum absolute atomic E-state index is 0.0136. The molecule has 68 valence electrons. The van der Waals surface area contributed by atoms with Crippen LogP contribution >= 0.6 is 0 Å². The molecule has 0 saturated heterocycles.